The molecule has 1 rings (SSSR count). The normalized spacial score (nSPS) is 20.5. The maximum Gasteiger partial charge on any atom is 0.345 e. The minimum atomic E-state index is -0.791. The molecule has 17 heavy (non-hydrogen) atoms. The number of ether oxygens (including phenoxy) is 1. The highest BCUT2D eigenvalue weighted by Gasteiger charge is 2.35. The maximum atomic E-state index is 11.6. The van der Waals surface area contributed by atoms with Gasteiger partial charge < -0.3 is 4.74 Å². The van der Waals surface area contributed by atoms with E-state index in [1.807, 2.05) is 6.92 Å². The van der Waals surface area contributed by atoms with Crippen LogP contribution in [0.2, 0.25) is 0 Å². The molecule has 1 aliphatic heterocycles. The van der Waals surface area contributed by atoms with Crippen LogP contribution in [0.5, 0.6) is 0 Å². The molecular formula is C9H19N5O3. The zero-order valence-corrected chi connectivity index (χ0v) is 10.3. The van der Waals surface area contributed by atoms with Crippen molar-refractivity contribution in [3.63, 3.8) is 0 Å². The minimum Gasteiger partial charge on any atom is -0.339 e. The topological polar surface area (TPSA) is 85.9 Å². The van der Waals surface area contributed by atoms with Crippen molar-refractivity contribution in [3.05, 3.63) is 0 Å². The predicted molar refractivity (Wildman–Crippen MR) is 60.4 cm³/mol. The number of urea groups is 2. The second-order valence-corrected chi connectivity index (χ2v) is 3.57. The highest BCUT2D eigenvalue weighted by Crippen LogP contribution is 2.06. The Kier molecular flexibility index (Phi) is 5.13. The van der Waals surface area contributed by atoms with E-state index in [4.69, 9.17) is 4.74 Å². The Morgan fingerprint density at radius 3 is 2.82 bits per heavy atom. The van der Waals surface area contributed by atoms with Crippen LogP contribution >= 0.6 is 0 Å². The maximum absolute atomic E-state index is 11.6. The summed E-state index contributed by atoms with van der Waals surface area (Å²) < 4.78 is 5.45. The van der Waals surface area contributed by atoms with Crippen molar-refractivity contribution in [1.29, 1.82) is 0 Å². The van der Waals surface area contributed by atoms with Gasteiger partial charge in [0.2, 0.25) is 6.35 Å². The Bertz CT molecular complexity index is 286. The Hall–Kier alpha value is -1.38. The Balaban J connectivity index is 2.65. The van der Waals surface area contributed by atoms with E-state index in [2.05, 4.69) is 16.1 Å². The van der Waals surface area contributed by atoms with Gasteiger partial charge in [-0.25, -0.2) is 15.0 Å². The number of imide groups is 1. The number of unbranched alkanes of at least 4 members (excludes halogenated alkanes) is 1. The minimum absolute atomic E-state index is 0.475. The number of nitrogens with one attached hydrogen (secondary N) is 3. The van der Waals surface area contributed by atoms with E-state index in [9.17, 15) is 9.59 Å². The van der Waals surface area contributed by atoms with Gasteiger partial charge in [-0.05, 0) is 6.42 Å². The number of rotatable bonds is 6. The Morgan fingerprint density at radius 2 is 2.24 bits per heavy atom. The summed E-state index contributed by atoms with van der Waals surface area (Å²) >= 11 is 0. The van der Waals surface area contributed by atoms with Gasteiger partial charge in [0.15, 0.2) is 0 Å². The predicted octanol–water partition coefficient (Wildman–Crippen LogP) is -0.197. The monoisotopic (exact) mass is 245 g/mol. The third kappa shape index (κ3) is 3.55. The molecule has 1 atom stereocenters. The fraction of sp³-hybridized carbons (Fsp3) is 0.778. The second-order valence-electron chi connectivity index (χ2n) is 3.57. The first kappa shape index (κ1) is 13.7. The lowest BCUT2D eigenvalue weighted by Crippen LogP contribution is -2.69. The van der Waals surface area contributed by atoms with Crippen molar-refractivity contribution in [2.45, 2.75) is 26.1 Å². The van der Waals surface area contributed by atoms with Gasteiger partial charge in [0.1, 0.15) is 0 Å². The number of amides is 4. The van der Waals surface area contributed by atoms with Crippen LogP contribution in [0.1, 0.15) is 19.8 Å². The van der Waals surface area contributed by atoms with Crippen molar-refractivity contribution in [2.75, 3.05) is 20.7 Å². The van der Waals surface area contributed by atoms with Crippen molar-refractivity contribution in [2.24, 2.45) is 0 Å². The molecular weight excluding hydrogens is 226 g/mol. The Morgan fingerprint density at radius 1 is 1.53 bits per heavy atom. The molecule has 3 N–H and O–H groups in total. The third-order valence-electron chi connectivity index (χ3n) is 2.33. The van der Waals surface area contributed by atoms with Crippen LogP contribution in [0, 0.1) is 0 Å². The largest absolute Gasteiger partial charge is 0.345 e. The van der Waals surface area contributed by atoms with E-state index in [-0.39, 0.29) is 0 Å². The molecule has 0 aromatic carbocycles. The molecule has 0 radical (unpaired) electrons. The summed E-state index contributed by atoms with van der Waals surface area (Å²) in [6, 6.07) is -1.09. The third-order valence-corrected chi connectivity index (χ3v) is 2.33. The van der Waals surface area contributed by atoms with Crippen LogP contribution in [-0.4, -0.2) is 49.2 Å². The standard InChI is InChI=1S/C9H19N5O3/c1-4-5-6-17-9-12-7(15)11-8(16)14(9)13(3)10-2/h9-10H,4-6H2,1-3H3,(H2,11,12,15,16). The molecule has 0 bridgehead atoms. The summed E-state index contributed by atoms with van der Waals surface area (Å²) in [5.41, 5.74) is 2.77. The molecule has 98 valence electrons. The fourth-order valence-electron chi connectivity index (χ4n) is 1.32. The summed E-state index contributed by atoms with van der Waals surface area (Å²) in [5.74, 6) is 0. The zero-order valence-electron chi connectivity index (χ0n) is 10.3. The zero-order chi connectivity index (χ0) is 12.8. The van der Waals surface area contributed by atoms with E-state index in [1.54, 1.807) is 14.1 Å². The highest BCUT2D eigenvalue weighted by molar-refractivity contribution is 5.95. The van der Waals surface area contributed by atoms with E-state index in [0.717, 1.165) is 12.8 Å². The summed E-state index contributed by atoms with van der Waals surface area (Å²) in [6.07, 6.45) is 1.06. The molecule has 0 aliphatic carbocycles. The average molecular weight is 245 g/mol. The summed E-state index contributed by atoms with van der Waals surface area (Å²) in [4.78, 5) is 22.8. The van der Waals surface area contributed by atoms with Crippen molar-refractivity contribution >= 4 is 12.1 Å². The van der Waals surface area contributed by atoms with Crippen LogP contribution in [0.15, 0.2) is 0 Å². The van der Waals surface area contributed by atoms with Crippen LogP contribution in [0.4, 0.5) is 9.59 Å². The van der Waals surface area contributed by atoms with Crippen molar-refractivity contribution in [3.8, 4) is 0 Å². The molecule has 4 amide bonds. The summed E-state index contributed by atoms with van der Waals surface area (Å²) in [5, 5.41) is 7.35. The molecule has 1 unspecified atom stereocenters. The van der Waals surface area contributed by atoms with E-state index in [1.165, 1.54) is 10.1 Å². The van der Waals surface area contributed by atoms with Crippen LogP contribution in [-0.2, 0) is 4.74 Å². The molecule has 8 nitrogen and oxygen atoms in total. The van der Waals surface area contributed by atoms with Crippen LogP contribution in [0.25, 0.3) is 0 Å². The number of hydrazine groups is 2. The Labute approximate surface area is 100 Å². The van der Waals surface area contributed by atoms with E-state index >= 15 is 0 Å². The summed E-state index contributed by atoms with van der Waals surface area (Å²) in [6.45, 7) is 2.51. The number of nitrogens with zero attached hydrogens (tertiary/aromatic N) is 2. The van der Waals surface area contributed by atoms with E-state index in [0.29, 0.717) is 6.61 Å². The van der Waals surface area contributed by atoms with E-state index < -0.39 is 18.4 Å². The fourth-order valence-corrected chi connectivity index (χ4v) is 1.32. The van der Waals surface area contributed by atoms with Gasteiger partial charge in [-0.3, -0.25) is 10.6 Å². The van der Waals surface area contributed by atoms with Gasteiger partial charge in [-0.1, -0.05) is 13.3 Å². The summed E-state index contributed by atoms with van der Waals surface area (Å²) in [7, 11) is 3.31. The lowest BCUT2D eigenvalue weighted by Gasteiger charge is -2.39. The second kappa shape index (κ2) is 6.38. The van der Waals surface area contributed by atoms with Gasteiger partial charge >= 0.3 is 12.1 Å². The van der Waals surface area contributed by atoms with Gasteiger partial charge in [-0.15, -0.1) is 0 Å². The van der Waals surface area contributed by atoms with Gasteiger partial charge in [0, 0.05) is 14.1 Å². The van der Waals surface area contributed by atoms with Crippen molar-refractivity contribution in [1.82, 2.24) is 26.2 Å². The molecule has 1 fully saturated rings. The van der Waals surface area contributed by atoms with Crippen LogP contribution in [0.3, 0.4) is 0 Å². The highest BCUT2D eigenvalue weighted by atomic mass is 16.5. The lowest BCUT2D eigenvalue weighted by atomic mass is 10.4. The molecule has 1 aliphatic rings. The average Bonchev–Trinajstić information content (AvgIpc) is 2.28. The molecule has 0 aromatic rings. The first-order valence-electron chi connectivity index (χ1n) is 5.53. The first-order valence-corrected chi connectivity index (χ1v) is 5.53. The van der Waals surface area contributed by atoms with Gasteiger partial charge in [-0.2, -0.15) is 10.1 Å². The SMILES string of the molecule is CCCCOC1NC(=O)NC(=O)N1N(C)NC. The number of hydrogen-bond donors (Lipinski definition) is 3. The molecule has 0 saturated carbocycles. The quantitative estimate of drug-likeness (QED) is 0.446. The molecule has 0 aromatic heterocycles. The van der Waals surface area contributed by atoms with Crippen molar-refractivity contribution < 1.29 is 14.3 Å². The number of carbonyl (C=O) groups is 2. The van der Waals surface area contributed by atoms with Crippen LogP contribution < -0.4 is 16.1 Å². The van der Waals surface area contributed by atoms with Gasteiger partial charge in [0.25, 0.3) is 0 Å². The number of carbonyl (C=O) groups excluding carboxylic acids is 2. The smallest absolute Gasteiger partial charge is 0.339 e. The number of hydrogen-bond acceptors (Lipinski definition) is 5. The first-order chi connectivity index (χ1) is 8.10. The molecule has 0 spiro atoms. The lowest BCUT2D eigenvalue weighted by molar-refractivity contribution is -0.154. The molecule has 8 heteroatoms. The molecule has 1 saturated heterocycles. The molecule has 1 heterocycles. The van der Waals surface area contributed by atoms with Gasteiger partial charge in [0.05, 0.1) is 6.61 Å².